The van der Waals surface area contributed by atoms with E-state index in [1.165, 1.54) is 9.80 Å². The lowest BCUT2D eigenvalue weighted by Crippen LogP contribution is -2.42. The second-order valence-electron chi connectivity index (χ2n) is 10.3. The number of carboxylic acids is 2. The van der Waals surface area contributed by atoms with Crippen molar-refractivity contribution in [1.29, 1.82) is 0 Å². The van der Waals surface area contributed by atoms with Gasteiger partial charge in [-0.2, -0.15) is 0 Å². The smallest absolute Gasteiger partial charge is 0.326 e. The van der Waals surface area contributed by atoms with Crippen molar-refractivity contribution in [2.75, 3.05) is 13.1 Å². The summed E-state index contributed by atoms with van der Waals surface area (Å²) in [7, 11) is 1.71. The summed E-state index contributed by atoms with van der Waals surface area (Å²) in [5, 5.41) is 24.8. The van der Waals surface area contributed by atoms with E-state index < -0.39 is 47.9 Å². The van der Waals surface area contributed by atoms with Gasteiger partial charge in [-0.1, -0.05) is 0 Å². The van der Waals surface area contributed by atoms with Gasteiger partial charge in [-0.15, -0.1) is 0 Å². The van der Waals surface area contributed by atoms with Crippen molar-refractivity contribution in [3.05, 3.63) is 24.0 Å². The first kappa shape index (κ1) is 27.1. The molecule has 0 spiro atoms. The van der Waals surface area contributed by atoms with Crippen LogP contribution in [0.5, 0.6) is 0 Å². The van der Waals surface area contributed by atoms with Crippen molar-refractivity contribution in [3.8, 4) is 0 Å². The Morgan fingerprint density at radius 1 is 0.868 bits per heavy atom. The number of nitrogens with zero attached hydrogens (tertiary/aromatic N) is 3. The van der Waals surface area contributed by atoms with Gasteiger partial charge in [-0.05, 0) is 31.4 Å². The van der Waals surface area contributed by atoms with Gasteiger partial charge in [0, 0.05) is 70.0 Å². The number of hydrogen-bond acceptors (Lipinski definition) is 6. The molecule has 0 bridgehead atoms. The molecule has 13 nitrogen and oxygen atoms in total. The molecule has 4 unspecified atom stereocenters. The summed E-state index contributed by atoms with van der Waals surface area (Å²) in [5.74, 6) is -3.72. The van der Waals surface area contributed by atoms with Crippen molar-refractivity contribution < 1.29 is 39.0 Å². The molecule has 13 heteroatoms. The monoisotopic (exact) mass is 531 g/mol. The number of carbonyl (C=O) groups excluding carboxylic acids is 4. The van der Waals surface area contributed by atoms with E-state index in [0.29, 0.717) is 5.69 Å². The van der Waals surface area contributed by atoms with Crippen LogP contribution in [-0.2, 0) is 31.0 Å². The van der Waals surface area contributed by atoms with E-state index in [1.54, 1.807) is 29.9 Å². The molecule has 4 amide bonds. The van der Waals surface area contributed by atoms with Gasteiger partial charge in [-0.3, -0.25) is 19.2 Å². The lowest BCUT2D eigenvalue weighted by Gasteiger charge is -2.23. The van der Waals surface area contributed by atoms with Crippen molar-refractivity contribution in [2.24, 2.45) is 13.0 Å². The molecule has 0 radical (unpaired) electrons. The van der Waals surface area contributed by atoms with E-state index in [1.807, 2.05) is 0 Å². The molecule has 1 aromatic heterocycles. The lowest BCUT2D eigenvalue weighted by atomic mass is 10.1. The zero-order valence-electron chi connectivity index (χ0n) is 21.2. The molecule has 2 saturated heterocycles. The molecule has 38 heavy (non-hydrogen) atoms. The number of rotatable bonds is 10. The first-order valence-electron chi connectivity index (χ1n) is 12.8. The Bertz CT molecular complexity index is 1130. The topological polar surface area (TPSA) is 178 Å². The summed E-state index contributed by atoms with van der Waals surface area (Å²) in [4.78, 5) is 76.2. The van der Waals surface area contributed by atoms with Crippen LogP contribution in [0, 0.1) is 5.92 Å². The van der Waals surface area contributed by atoms with Crippen LogP contribution in [0.3, 0.4) is 0 Å². The molecule has 0 aromatic carbocycles. The minimum Gasteiger partial charge on any atom is -0.480 e. The van der Waals surface area contributed by atoms with Crippen LogP contribution in [0.2, 0.25) is 0 Å². The summed E-state index contributed by atoms with van der Waals surface area (Å²) < 4.78 is 1.64. The van der Waals surface area contributed by atoms with E-state index in [9.17, 15) is 39.0 Å². The first-order valence-corrected chi connectivity index (χ1v) is 12.8. The third-order valence-corrected chi connectivity index (χ3v) is 7.40. The maximum atomic E-state index is 12.9. The first-order chi connectivity index (χ1) is 18.0. The highest BCUT2D eigenvalue weighted by Gasteiger charge is 2.42. The van der Waals surface area contributed by atoms with Gasteiger partial charge in [0.2, 0.25) is 17.7 Å². The highest BCUT2D eigenvalue weighted by Crippen LogP contribution is 2.30. The predicted molar refractivity (Wildman–Crippen MR) is 131 cm³/mol. The zero-order valence-corrected chi connectivity index (χ0v) is 21.2. The number of aromatic nitrogens is 1. The van der Waals surface area contributed by atoms with Gasteiger partial charge in [0.15, 0.2) is 0 Å². The van der Waals surface area contributed by atoms with Gasteiger partial charge >= 0.3 is 11.9 Å². The Kier molecular flexibility index (Phi) is 8.02. The van der Waals surface area contributed by atoms with Gasteiger partial charge in [-0.25, -0.2) is 9.59 Å². The molecule has 1 aliphatic carbocycles. The summed E-state index contributed by atoms with van der Waals surface area (Å²) >= 11 is 0. The van der Waals surface area contributed by atoms with Gasteiger partial charge in [0.1, 0.15) is 17.8 Å². The maximum Gasteiger partial charge on any atom is 0.326 e. The SMILES string of the molecule is Cn1cccc1C(=O)NC1CC(C(=O)O)N(C(=O)CCCC(=O)N2CC(NC(=O)C3CC3)CC2C(=O)O)C1. The van der Waals surface area contributed by atoms with Crippen LogP contribution < -0.4 is 10.6 Å². The van der Waals surface area contributed by atoms with Gasteiger partial charge in [0.25, 0.3) is 5.91 Å². The largest absolute Gasteiger partial charge is 0.480 e. The van der Waals surface area contributed by atoms with Crippen molar-refractivity contribution in [2.45, 2.75) is 69.1 Å². The Morgan fingerprint density at radius 3 is 1.84 bits per heavy atom. The number of amides is 4. The Morgan fingerprint density at radius 2 is 1.39 bits per heavy atom. The van der Waals surface area contributed by atoms with Crippen molar-refractivity contribution in [1.82, 2.24) is 25.0 Å². The Hall–Kier alpha value is -3.90. The predicted octanol–water partition coefficient (Wildman–Crippen LogP) is -0.440. The molecule has 4 rings (SSSR count). The van der Waals surface area contributed by atoms with Gasteiger partial charge < -0.3 is 35.2 Å². The standard InChI is InChI=1S/C25H33N5O8/c1-28-9-3-4-17(28)23(34)27-16-11-19(25(37)38)30(13-16)21(32)6-2-5-20(31)29-12-15(10-18(29)24(35)36)26-22(33)14-7-8-14/h3-4,9,14-16,18-19H,2,5-8,10-13H2,1H3,(H,26,33)(H,27,34)(H,35,36)(H,37,38). The van der Waals surface area contributed by atoms with Gasteiger partial charge in [0.05, 0.1) is 0 Å². The molecule has 3 heterocycles. The van der Waals surface area contributed by atoms with Crippen LogP contribution in [0.25, 0.3) is 0 Å². The van der Waals surface area contributed by atoms with Crippen LogP contribution in [0.1, 0.15) is 55.4 Å². The molecule has 4 N–H and O–H groups in total. The molecule has 4 atom stereocenters. The fourth-order valence-electron chi connectivity index (χ4n) is 5.20. The number of aryl methyl sites for hydroxylation is 1. The molecular formula is C25H33N5O8. The van der Waals surface area contributed by atoms with E-state index in [-0.39, 0.29) is 62.9 Å². The molecule has 3 aliphatic rings. The average Bonchev–Trinajstić information content (AvgIpc) is 3.26. The maximum absolute atomic E-state index is 12.9. The van der Waals surface area contributed by atoms with E-state index in [2.05, 4.69) is 10.6 Å². The summed E-state index contributed by atoms with van der Waals surface area (Å²) in [6, 6.07) is 0.240. The zero-order chi connectivity index (χ0) is 27.6. The highest BCUT2D eigenvalue weighted by atomic mass is 16.4. The normalized spacial score (nSPS) is 24.8. The molecule has 2 aliphatic heterocycles. The third-order valence-electron chi connectivity index (χ3n) is 7.40. The fraction of sp³-hybridized carbons (Fsp3) is 0.600. The third kappa shape index (κ3) is 6.14. The molecule has 1 aromatic rings. The average molecular weight is 532 g/mol. The van der Waals surface area contributed by atoms with Crippen LogP contribution in [0.4, 0.5) is 0 Å². The number of aliphatic carboxylic acids is 2. The summed E-state index contributed by atoms with van der Waals surface area (Å²) in [6.07, 6.45) is 3.48. The van der Waals surface area contributed by atoms with Crippen LogP contribution in [0.15, 0.2) is 18.3 Å². The quantitative estimate of drug-likeness (QED) is 0.314. The van der Waals surface area contributed by atoms with Crippen LogP contribution in [-0.4, -0.2) is 97.4 Å². The second kappa shape index (κ2) is 11.2. The van der Waals surface area contributed by atoms with E-state index >= 15 is 0 Å². The fourth-order valence-corrected chi connectivity index (χ4v) is 5.20. The lowest BCUT2D eigenvalue weighted by molar-refractivity contribution is -0.149. The molecule has 1 saturated carbocycles. The highest BCUT2D eigenvalue weighted by molar-refractivity contribution is 5.93. The molecular weight excluding hydrogens is 498 g/mol. The number of carboxylic acid groups (broad SMARTS) is 2. The summed E-state index contributed by atoms with van der Waals surface area (Å²) in [6.45, 7) is 0.132. The Labute approximate surface area is 219 Å². The number of carbonyl (C=O) groups is 6. The number of nitrogens with one attached hydrogen (secondary N) is 2. The van der Waals surface area contributed by atoms with E-state index in [0.717, 1.165) is 12.8 Å². The van der Waals surface area contributed by atoms with Crippen molar-refractivity contribution >= 4 is 35.6 Å². The molecule has 3 fully saturated rings. The molecule has 206 valence electrons. The van der Waals surface area contributed by atoms with E-state index in [4.69, 9.17) is 0 Å². The summed E-state index contributed by atoms with van der Waals surface area (Å²) in [5.41, 5.74) is 0.413. The minimum absolute atomic E-state index is 0.0275. The van der Waals surface area contributed by atoms with Crippen molar-refractivity contribution in [3.63, 3.8) is 0 Å². The number of likely N-dealkylation sites (tertiary alicyclic amines) is 2. The minimum atomic E-state index is -1.18. The number of hydrogen-bond donors (Lipinski definition) is 4. The van der Waals surface area contributed by atoms with Crippen LogP contribution >= 0.6 is 0 Å². The Balaban J connectivity index is 1.28. The second-order valence-corrected chi connectivity index (χ2v) is 10.3.